The lowest BCUT2D eigenvalue weighted by Gasteiger charge is -1.96. The van der Waals surface area contributed by atoms with Crippen molar-refractivity contribution in [3.05, 3.63) is 60.2 Å². The van der Waals surface area contributed by atoms with Gasteiger partial charge in [0, 0.05) is 31.1 Å². The van der Waals surface area contributed by atoms with Crippen LogP contribution in [0.25, 0.3) is 0 Å². The molecule has 4 N–H and O–H groups in total. The van der Waals surface area contributed by atoms with E-state index in [0.717, 1.165) is 24.4 Å². The topological polar surface area (TPSA) is 75.9 Å². The summed E-state index contributed by atoms with van der Waals surface area (Å²) in [6.07, 6.45) is 4.58. The molecule has 0 unspecified atom stereocenters. The minimum Gasteiger partial charge on any atom is -0.319 e. The molecule has 0 amide bonds. The minimum absolute atomic E-state index is 0.626. The Morgan fingerprint density at radius 1 is 1.00 bits per heavy atom. The van der Waals surface area contributed by atoms with E-state index < -0.39 is 0 Å². The predicted molar refractivity (Wildman–Crippen MR) is 77.1 cm³/mol. The van der Waals surface area contributed by atoms with Gasteiger partial charge in [-0.1, -0.05) is 12.1 Å². The molecule has 0 aromatic carbocycles. The van der Waals surface area contributed by atoms with Gasteiger partial charge in [-0.25, -0.2) is 0 Å². The Kier molecular flexibility index (Phi) is 8.13. The van der Waals surface area contributed by atoms with Crippen LogP contribution in [-0.2, 0) is 13.0 Å². The third-order valence-corrected chi connectivity index (χ3v) is 2.37. The second-order valence-electron chi connectivity index (χ2n) is 3.88. The van der Waals surface area contributed by atoms with Crippen LogP contribution in [0.4, 0.5) is 0 Å². The van der Waals surface area contributed by atoms with E-state index in [9.17, 15) is 0 Å². The number of aromatic nitrogens is 2. The van der Waals surface area contributed by atoms with Crippen LogP contribution < -0.4 is 16.6 Å². The number of hydrogen-bond donors (Lipinski definition) is 3. The Bertz CT molecular complexity index is 418. The molecule has 0 atom stereocenters. The van der Waals surface area contributed by atoms with Crippen LogP contribution in [0.3, 0.4) is 0 Å². The highest BCUT2D eigenvalue weighted by atomic mass is 15.2. The number of likely N-dealkylation sites (N-methyl/N-ethyl adjacent to an activating group) is 1. The zero-order valence-corrected chi connectivity index (χ0v) is 11.2. The summed E-state index contributed by atoms with van der Waals surface area (Å²) in [5.74, 6) is 5.07. The molecule has 2 aromatic heterocycles. The number of nitrogens with two attached hydrogens (primary N) is 1. The average Bonchev–Trinajstić information content (AvgIpc) is 2.48. The average molecular weight is 259 g/mol. The first kappa shape index (κ1) is 15.2. The van der Waals surface area contributed by atoms with Gasteiger partial charge in [0.25, 0.3) is 0 Å². The van der Waals surface area contributed by atoms with Gasteiger partial charge in [0.15, 0.2) is 0 Å². The smallest absolute Gasteiger partial charge is 0.0555 e. The second-order valence-corrected chi connectivity index (χ2v) is 3.88. The van der Waals surface area contributed by atoms with Crippen molar-refractivity contribution >= 4 is 0 Å². The maximum atomic E-state index is 5.07. The monoisotopic (exact) mass is 259 g/mol. The minimum atomic E-state index is 0.626. The van der Waals surface area contributed by atoms with E-state index in [1.807, 2.05) is 49.6 Å². The fourth-order valence-corrected chi connectivity index (χ4v) is 1.41. The fourth-order valence-electron chi connectivity index (χ4n) is 1.41. The van der Waals surface area contributed by atoms with E-state index in [4.69, 9.17) is 5.84 Å². The molecule has 0 saturated heterocycles. The Balaban J connectivity index is 0.000000191. The lowest BCUT2D eigenvalue weighted by Crippen LogP contribution is -2.21. The van der Waals surface area contributed by atoms with Gasteiger partial charge in [-0.15, -0.1) is 0 Å². The highest BCUT2D eigenvalue weighted by Crippen LogP contribution is 1.92. The summed E-state index contributed by atoms with van der Waals surface area (Å²) in [6, 6.07) is 11.7. The van der Waals surface area contributed by atoms with Crippen LogP contribution in [0.1, 0.15) is 11.4 Å². The quantitative estimate of drug-likeness (QED) is 0.549. The molecule has 0 aliphatic carbocycles. The van der Waals surface area contributed by atoms with Crippen LogP contribution in [0, 0.1) is 0 Å². The summed E-state index contributed by atoms with van der Waals surface area (Å²) < 4.78 is 0. The van der Waals surface area contributed by atoms with Crippen LogP contribution in [0.15, 0.2) is 48.8 Å². The van der Waals surface area contributed by atoms with E-state index in [0.29, 0.717) is 6.54 Å². The SMILES string of the molecule is CNCCc1ccccn1.NNCc1ccccn1. The van der Waals surface area contributed by atoms with Crippen LogP contribution in [-0.4, -0.2) is 23.6 Å². The molecule has 0 aliphatic heterocycles. The first-order valence-electron chi connectivity index (χ1n) is 6.24. The third kappa shape index (κ3) is 7.25. The summed E-state index contributed by atoms with van der Waals surface area (Å²) in [4.78, 5) is 8.20. The molecule has 0 radical (unpaired) electrons. The largest absolute Gasteiger partial charge is 0.319 e. The van der Waals surface area contributed by atoms with Gasteiger partial charge in [-0.3, -0.25) is 21.2 Å². The lowest BCUT2D eigenvalue weighted by atomic mass is 10.3. The summed E-state index contributed by atoms with van der Waals surface area (Å²) in [5, 5.41) is 3.08. The van der Waals surface area contributed by atoms with Gasteiger partial charge in [0.1, 0.15) is 0 Å². The van der Waals surface area contributed by atoms with Crippen molar-refractivity contribution in [1.82, 2.24) is 20.7 Å². The Labute approximate surface area is 114 Å². The highest BCUT2D eigenvalue weighted by molar-refractivity contribution is 5.03. The standard InChI is InChI=1S/C8H12N2.C6H9N3/c1-9-7-5-8-4-2-3-6-10-8;7-9-5-6-3-1-2-4-8-6/h2-4,6,9H,5,7H2,1H3;1-4,9H,5,7H2. The number of pyridine rings is 2. The Hall–Kier alpha value is -1.82. The van der Waals surface area contributed by atoms with E-state index in [1.54, 1.807) is 6.20 Å². The summed E-state index contributed by atoms with van der Waals surface area (Å²) in [5.41, 5.74) is 4.63. The van der Waals surface area contributed by atoms with Crippen LogP contribution in [0.2, 0.25) is 0 Å². The first-order valence-corrected chi connectivity index (χ1v) is 6.24. The van der Waals surface area contributed by atoms with Crippen LogP contribution in [0.5, 0.6) is 0 Å². The van der Waals surface area contributed by atoms with Crippen molar-refractivity contribution in [2.75, 3.05) is 13.6 Å². The summed E-state index contributed by atoms with van der Waals surface area (Å²) >= 11 is 0. The normalized spacial score (nSPS) is 9.58. The number of hydrogen-bond acceptors (Lipinski definition) is 5. The Morgan fingerprint density at radius 3 is 2.11 bits per heavy atom. The van der Waals surface area contributed by atoms with E-state index in [-0.39, 0.29) is 0 Å². The van der Waals surface area contributed by atoms with Crippen molar-refractivity contribution in [2.45, 2.75) is 13.0 Å². The molecule has 2 rings (SSSR count). The number of nitrogens with zero attached hydrogens (tertiary/aromatic N) is 2. The van der Waals surface area contributed by atoms with Gasteiger partial charge in [-0.2, -0.15) is 0 Å². The van der Waals surface area contributed by atoms with Crippen molar-refractivity contribution in [3.8, 4) is 0 Å². The molecule has 2 heterocycles. The van der Waals surface area contributed by atoms with Crippen molar-refractivity contribution in [3.63, 3.8) is 0 Å². The van der Waals surface area contributed by atoms with Crippen molar-refractivity contribution in [1.29, 1.82) is 0 Å². The molecular weight excluding hydrogens is 238 g/mol. The molecule has 5 nitrogen and oxygen atoms in total. The first-order chi connectivity index (χ1) is 9.36. The zero-order valence-electron chi connectivity index (χ0n) is 11.2. The number of rotatable bonds is 5. The lowest BCUT2D eigenvalue weighted by molar-refractivity contribution is 0.723. The van der Waals surface area contributed by atoms with Crippen LogP contribution >= 0.6 is 0 Å². The molecule has 0 bridgehead atoms. The van der Waals surface area contributed by atoms with Gasteiger partial charge in [0.2, 0.25) is 0 Å². The summed E-state index contributed by atoms with van der Waals surface area (Å²) in [7, 11) is 1.95. The maximum Gasteiger partial charge on any atom is 0.0555 e. The third-order valence-electron chi connectivity index (χ3n) is 2.37. The molecule has 0 saturated carbocycles. The second kappa shape index (κ2) is 10.1. The van der Waals surface area contributed by atoms with Gasteiger partial charge in [0.05, 0.1) is 12.2 Å². The zero-order chi connectivity index (χ0) is 13.8. The molecule has 102 valence electrons. The molecule has 0 fully saturated rings. The highest BCUT2D eigenvalue weighted by Gasteiger charge is 1.88. The maximum absolute atomic E-state index is 5.07. The number of nitrogens with one attached hydrogen (secondary N) is 2. The number of hydrazine groups is 1. The molecule has 19 heavy (non-hydrogen) atoms. The van der Waals surface area contributed by atoms with E-state index in [1.165, 1.54) is 0 Å². The molecule has 0 aliphatic rings. The molecule has 2 aromatic rings. The molecule has 5 heteroatoms. The fraction of sp³-hybridized carbons (Fsp3) is 0.286. The summed E-state index contributed by atoms with van der Waals surface area (Å²) in [6.45, 7) is 1.62. The molecule has 0 spiro atoms. The van der Waals surface area contributed by atoms with E-state index >= 15 is 0 Å². The van der Waals surface area contributed by atoms with Crippen molar-refractivity contribution < 1.29 is 0 Å². The van der Waals surface area contributed by atoms with Crippen molar-refractivity contribution in [2.24, 2.45) is 5.84 Å². The molecular formula is C14H21N5. The van der Waals surface area contributed by atoms with Gasteiger partial charge < -0.3 is 5.32 Å². The Morgan fingerprint density at radius 2 is 1.63 bits per heavy atom. The predicted octanol–water partition coefficient (Wildman–Crippen LogP) is 0.888. The van der Waals surface area contributed by atoms with Gasteiger partial charge >= 0.3 is 0 Å². The van der Waals surface area contributed by atoms with Gasteiger partial charge in [-0.05, 0) is 31.3 Å². The van der Waals surface area contributed by atoms with E-state index in [2.05, 4.69) is 20.7 Å².